The van der Waals surface area contributed by atoms with Gasteiger partial charge in [-0.1, -0.05) is 18.2 Å². The predicted octanol–water partition coefficient (Wildman–Crippen LogP) is 2.69. The minimum atomic E-state index is 0.149. The first kappa shape index (κ1) is 11.1. The van der Waals surface area contributed by atoms with Gasteiger partial charge in [-0.05, 0) is 12.1 Å². The predicted molar refractivity (Wildman–Crippen MR) is 68.6 cm³/mol. The Morgan fingerprint density at radius 1 is 1.05 bits per heavy atom. The normalized spacial score (nSPS) is 10.1. The number of nitriles is 1. The summed E-state index contributed by atoms with van der Waals surface area (Å²) in [6.07, 6.45) is 4.52. The summed E-state index contributed by atoms with van der Waals surface area (Å²) in [7, 11) is 0. The van der Waals surface area contributed by atoms with Gasteiger partial charge in [0.15, 0.2) is 0 Å². The number of pyridine rings is 1. The first-order valence-corrected chi connectivity index (χ1v) is 5.60. The first-order chi connectivity index (χ1) is 9.36. The molecule has 0 fully saturated rings. The van der Waals surface area contributed by atoms with Crippen LogP contribution in [0.1, 0.15) is 5.69 Å². The second-order valence-electron chi connectivity index (χ2n) is 3.79. The van der Waals surface area contributed by atoms with Crippen molar-refractivity contribution < 1.29 is 4.74 Å². The van der Waals surface area contributed by atoms with E-state index >= 15 is 0 Å². The van der Waals surface area contributed by atoms with E-state index in [1.807, 2.05) is 36.4 Å². The summed E-state index contributed by atoms with van der Waals surface area (Å²) in [5.41, 5.74) is 1.03. The molecule has 19 heavy (non-hydrogen) atoms. The summed E-state index contributed by atoms with van der Waals surface area (Å²) in [6.45, 7) is 0. The smallest absolute Gasteiger partial charge is 0.256 e. The molecule has 3 aromatic rings. The zero-order valence-corrected chi connectivity index (χ0v) is 9.82. The number of ether oxygens (including phenoxy) is 1. The summed E-state index contributed by atoms with van der Waals surface area (Å²) in [5, 5.41) is 9.88. The SMILES string of the molecule is N#Cc1nccnc1Oc1cnc2ccccc2c1. The van der Waals surface area contributed by atoms with Crippen molar-refractivity contribution in [2.45, 2.75) is 0 Å². The molecule has 5 nitrogen and oxygen atoms in total. The van der Waals surface area contributed by atoms with Crippen LogP contribution in [0.5, 0.6) is 11.6 Å². The number of nitrogens with zero attached hydrogens (tertiary/aromatic N) is 4. The van der Waals surface area contributed by atoms with E-state index in [9.17, 15) is 0 Å². The number of fused-ring (bicyclic) bond motifs is 1. The largest absolute Gasteiger partial charge is 0.435 e. The molecule has 2 aromatic heterocycles. The third kappa shape index (κ3) is 2.19. The number of hydrogen-bond acceptors (Lipinski definition) is 5. The second-order valence-corrected chi connectivity index (χ2v) is 3.79. The number of hydrogen-bond donors (Lipinski definition) is 0. The van der Waals surface area contributed by atoms with Gasteiger partial charge < -0.3 is 4.74 Å². The zero-order valence-electron chi connectivity index (χ0n) is 9.82. The first-order valence-electron chi connectivity index (χ1n) is 5.60. The van der Waals surface area contributed by atoms with Gasteiger partial charge in [0.1, 0.15) is 11.8 Å². The van der Waals surface area contributed by atoms with Gasteiger partial charge in [0.2, 0.25) is 5.69 Å². The Kier molecular flexibility index (Phi) is 2.75. The molecule has 0 aliphatic heterocycles. The molecule has 0 amide bonds. The lowest BCUT2D eigenvalue weighted by Gasteiger charge is -2.05. The molecular weight excluding hydrogens is 240 g/mol. The van der Waals surface area contributed by atoms with Crippen molar-refractivity contribution in [3.05, 3.63) is 54.6 Å². The van der Waals surface area contributed by atoms with E-state index in [2.05, 4.69) is 15.0 Å². The van der Waals surface area contributed by atoms with Gasteiger partial charge >= 0.3 is 0 Å². The summed E-state index contributed by atoms with van der Waals surface area (Å²) in [5.74, 6) is 0.706. The minimum absolute atomic E-state index is 0.149. The molecule has 0 aliphatic rings. The number of aromatic nitrogens is 3. The molecule has 0 aliphatic carbocycles. The summed E-state index contributed by atoms with van der Waals surface area (Å²) < 4.78 is 5.55. The summed E-state index contributed by atoms with van der Waals surface area (Å²) in [4.78, 5) is 12.2. The van der Waals surface area contributed by atoms with Crippen LogP contribution < -0.4 is 4.74 Å². The van der Waals surface area contributed by atoms with Gasteiger partial charge in [0.25, 0.3) is 5.88 Å². The highest BCUT2D eigenvalue weighted by atomic mass is 16.5. The fraction of sp³-hybridized carbons (Fsp3) is 0. The van der Waals surface area contributed by atoms with Crippen LogP contribution >= 0.6 is 0 Å². The Morgan fingerprint density at radius 2 is 1.89 bits per heavy atom. The Morgan fingerprint density at radius 3 is 2.79 bits per heavy atom. The molecular formula is C14H8N4O. The van der Waals surface area contributed by atoms with Gasteiger partial charge in [-0.3, -0.25) is 4.98 Å². The van der Waals surface area contributed by atoms with Crippen molar-refractivity contribution in [3.63, 3.8) is 0 Å². The molecule has 90 valence electrons. The summed E-state index contributed by atoms with van der Waals surface area (Å²) >= 11 is 0. The van der Waals surface area contributed by atoms with Crippen molar-refractivity contribution in [1.82, 2.24) is 15.0 Å². The molecule has 0 N–H and O–H groups in total. The van der Waals surface area contributed by atoms with E-state index in [1.165, 1.54) is 12.4 Å². The zero-order chi connectivity index (χ0) is 13.1. The molecule has 0 saturated carbocycles. The third-order valence-corrected chi connectivity index (χ3v) is 2.55. The highest BCUT2D eigenvalue weighted by Gasteiger charge is 2.07. The van der Waals surface area contributed by atoms with Crippen LogP contribution in [-0.4, -0.2) is 15.0 Å². The Balaban J connectivity index is 1.99. The molecule has 3 rings (SSSR count). The minimum Gasteiger partial charge on any atom is -0.435 e. The highest BCUT2D eigenvalue weighted by molar-refractivity contribution is 5.79. The van der Waals surface area contributed by atoms with Gasteiger partial charge in [0.05, 0.1) is 11.7 Å². The van der Waals surface area contributed by atoms with Crippen molar-refractivity contribution in [1.29, 1.82) is 5.26 Å². The number of benzene rings is 1. The third-order valence-electron chi connectivity index (χ3n) is 2.55. The van der Waals surface area contributed by atoms with Crippen molar-refractivity contribution in [2.75, 3.05) is 0 Å². The number of para-hydroxylation sites is 1. The Bertz CT molecular complexity index is 779. The van der Waals surface area contributed by atoms with Crippen LogP contribution in [0.15, 0.2) is 48.9 Å². The summed E-state index contributed by atoms with van der Waals surface area (Å²) in [6, 6.07) is 11.5. The lowest BCUT2D eigenvalue weighted by atomic mass is 10.2. The van der Waals surface area contributed by atoms with Crippen molar-refractivity contribution in [3.8, 4) is 17.7 Å². The molecule has 0 saturated heterocycles. The van der Waals surface area contributed by atoms with E-state index in [1.54, 1.807) is 6.20 Å². The maximum Gasteiger partial charge on any atom is 0.256 e. The quantitative estimate of drug-likeness (QED) is 0.697. The average Bonchev–Trinajstić information content (AvgIpc) is 2.48. The fourth-order valence-electron chi connectivity index (χ4n) is 1.69. The molecule has 0 atom stereocenters. The van der Waals surface area contributed by atoms with Crippen LogP contribution in [-0.2, 0) is 0 Å². The second kappa shape index (κ2) is 4.70. The van der Waals surface area contributed by atoms with E-state index in [-0.39, 0.29) is 11.6 Å². The van der Waals surface area contributed by atoms with Gasteiger partial charge in [-0.2, -0.15) is 5.26 Å². The van der Waals surface area contributed by atoms with E-state index in [4.69, 9.17) is 10.00 Å². The van der Waals surface area contributed by atoms with Crippen molar-refractivity contribution in [2.24, 2.45) is 0 Å². The molecule has 0 spiro atoms. The van der Waals surface area contributed by atoms with Crippen LogP contribution in [0.3, 0.4) is 0 Å². The molecule has 0 radical (unpaired) electrons. The van der Waals surface area contributed by atoms with Crippen LogP contribution in [0.2, 0.25) is 0 Å². The van der Waals surface area contributed by atoms with E-state index < -0.39 is 0 Å². The van der Waals surface area contributed by atoms with Gasteiger partial charge in [-0.25, -0.2) is 9.97 Å². The van der Waals surface area contributed by atoms with Crippen LogP contribution in [0, 0.1) is 11.3 Å². The standard InChI is InChI=1S/C14H8N4O/c15-8-13-14(17-6-5-16-13)19-11-7-10-3-1-2-4-12(10)18-9-11/h1-7,9H. The molecule has 0 bridgehead atoms. The van der Waals surface area contributed by atoms with Crippen LogP contribution in [0.25, 0.3) is 10.9 Å². The molecule has 2 heterocycles. The van der Waals surface area contributed by atoms with Crippen LogP contribution in [0.4, 0.5) is 0 Å². The fourth-order valence-corrected chi connectivity index (χ4v) is 1.69. The highest BCUT2D eigenvalue weighted by Crippen LogP contribution is 2.23. The van der Waals surface area contributed by atoms with Gasteiger partial charge in [0, 0.05) is 17.8 Å². The molecule has 1 aromatic carbocycles. The van der Waals surface area contributed by atoms with E-state index in [0.717, 1.165) is 10.9 Å². The topological polar surface area (TPSA) is 71.7 Å². The monoisotopic (exact) mass is 248 g/mol. The lowest BCUT2D eigenvalue weighted by molar-refractivity contribution is 0.457. The lowest BCUT2D eigenvalue weighted by Crippen LogP contribution is -1.94. The Hall–Kier alpha value is -3.00. The Labute approximate surface area is 109 Å². The number of rotatable bonds is 2. The maximum absolute atomic E-state index is 8.92. The molecule has 0 unspecified atom stereocenters. The van der Waals surface area contributed by atoms with Crippen molar-refractivity contribution >= 4 is 10.9 Å². The average molecular weight is 248 g/mol. The molecule has 5 heteroatoms. The van der Waals surface area contributed by atoms with Gasteiger partial charge in [-0.15, -0.1) is 0 Å². The maximum atomic E-state index is 8.92. The van der Waals surface area contributed by atoms with E-state index in [0.29, 0.717) is 5.75 Å².